The number of hydrogen-bond acceptors (Lipinski definition) is 2. The predicted octanol–water partition coefficient (Wildman–Crippen LogP) is 2.63. The lowest BCUT2D eigenvalue weighted by Crippen LogP contribution is -2.40. The van der Waals surface area contributed by atoms with E-state index < -0.39 is 0 Å². The molecule has 15 heavy (non-hydrogen) atoms. The van der Waals surface area contributed by atoms with Crippen LogP contribution in [0.25, 0.3) is 0 Å². The van der Waals surface area contributed by atoms with Crippen molar-refractivity contribution in [2.75, 3.05) is 19.6 Å². The van der Waals surface area contributed by atoms with E-state index in [1.807, 2.05) is 0 Å². The largest absolute Gasteiger partial charge is 0.330 e. The molecule has 0 bridgehead atoms. The van der Waals surface area contributed by atoms with E-state index in [9.17, 15) is 0 Å². The zero-order valence-corrected chi connectivity index (χ0v) is 10.5. The van der Waals surface area contributed by atoms with Crippen molar-refractivity contribution in [1.29, 1.82) is 0 Å². The number of hydrogen-bond donors (Lipinski definition) is 1. The average molecular weight is 212 g/mol. The first kappa shape index (κ1) is 13.0. The first-order valence-electron chi connectivity index (χ1n) is 6.68. The van der Waals surface area contributed by atoms with Crippen LogP contribution in [0.1, 0.15) is 52.4 Å². The van der Waals surface area contributed by atoms with Crippen LogP contribution in [0.15, 0.2) is 0 Å². The normalized spacial score (nSPS) is 28.2. The highest BCUT2D eigenvalue weighted by Gasteiger charge is 2.21. The smallest absolute Gasteiger partial charge is 0.00694 e. The molecule has 2 atom stereocenters. The molecule has 1 aliphatic heterocycles. The molecule has 2 unspecified atom stereocenters. The van der Waals surface area contributed by atoms with Gasteiger partial charge in [0.2, 0.25) is 0 Å². The van der Waals surface area contributed by atoms with Gasteiger partial charge in [0.15, 0.2) is 0 Å². The molecule has 1 aliphatic rings. The minimum absolute atomic E-state index is 0.809. The van der Waals surface area contributed by atoms with E-state index in [-0.39, 0.29) is 0 Å². The average Bonchev–Trinajstić information content (AvgIpc) is 2.20. The van der Waals surface area contributed by atoms with Crippen LogP contribution in [0.2, 0.25) is 0 Å². The SMILES string of the molecule is CC1CCN(CCCCCCN)C(C)C1. The van der Waals surface area contributed by atoms with Gasteiger partial charge in [0.1, 0.15) is 0 Å². The molecule has 0 spiro atoms. The van der Waals surface area contributed by atoms with Crippen molar-refractivity contribution in [3.63, 3.8) is 0 Å². The topological polar surface area (TPSA) is 29.3 Å². The molecule has 0 aromatic carbocycles. The molecule has 0 aliphatic carbocycles. The van der Waals surface area contributed by atoms with Gasteiger partial charge in [0.05, 0.1) is 0 Å². The number of unbranched alkanes of at least 4 members (excludes halogenated alkanes) is 3. The molecule has 0 aromatic heterocycles. The van der Waals surface area contributed by atoms with Crippen LogP contribution in [-0.2, 0) is 0 Å². The van der Waals surface area contributed by atoms with Gasteiger partial charge in [-0.05, 0) is 58.2 Å². The molecular formula is C13H28N2. The van der Waals surface area contributed by atoms with Crippen LogP contribution in [0.3, 0.4) is 0 Å². The molecule has 0 saturated carbocycles. The minimum atomic E-state index is 0.809. The summed E-state index contributed by atoms with van der Waals surface area (Å²) in [6.45, 7) is 8.25. The summed E-state index contributed by atoms with van der Waals surface area (Å²) in [5.41, 5.74) is 5.48. The molecule has 0 aromatic rings. The zero-order chi connectivity index (χ0) is 11.1. The Kier molecular flexibility index (Phi) is 6.26. The minimum Gasteiger partial charge on any atom is -0.330 e. The van der Waals surface area contributed by atoms with Crippen molar-refractivity contribution in [1.82, 2.24) is 4.90 Å². The number of nitrogens with two attached hydrogens (primary N) is 1. The van der Waals surface area contributed by atoms with E-state index in [0.717, 1.165) is 18.5 Å². The molecular weight excluding hydrogens is 184 g/mol. The first-order valence-corrected chi connectivity index (χ1v) is 6.68. The van der Waals surface area contributed by atoms with Crippen molar-refractivity contribution in [2.45, 2.75) is 58.4 Å². The second-order valence-corrected chi connectivity index (χ2v) is 5.22. The van der Waals surface area contributed by atoms with Crippen molar-refractivity contribution in [3.8, 4) is 0 Å². The fourth-order valence-corrected chi connectivity index (χ4v) is 2.60. The highest BCUT2D eigenvalue weighted by molar-refractivity contribution is 4.76. The summed E-state index contributed by atoms with van der Waals surface area (Å²) < 4.78 is 0. The molecule has 0 amide bonds. The van der Waals surface area contributed by atoms with E-state index in [2.05, 4.69) is 18.7 Å². The van der Waals surface area contributed by atoms with Crippen LogP contribution in [0, 0.1) is 5.92 Å². The van der Waals surface area contributed by atoms with Crippen LogP contribution in [0.4, 0.5) is 0 Å². The lowest BCUT2D eigenvalue weighted by molar-refractivity contribution is 0.127. The van der Waals surface area contributed by atoms with Gasteiger partial charge in [-0.2, -0.15) is 0 Å². The molecule has 1 heterocycles. The van der Waals surface area contributed by atoms with E-state index in [1.54, 1.807) is 0 Å². The number of rotatable bonds is 6. The second-order valence-electron chi connectivity index (χ2n) is 5.22. The molecule has 1 fully saturated rings. The quantitative estimate of drug-likeness (QED) is 0.686. The summed E-state index contributed by atoms with van der Waals surface area (Å²) in [7, 11) is 0. The van der Waals surface area contributed by atoms with Crippen LogP contribution >= 0.6 is 0 Å². The van der Waals surface area contributed by atoms with Gasteiger partial charge in [-0.15, -0.1) is 0 Å². The molecule has 2 N–H and O–H groups in total. The summed E-state index contributed by atoms with van der Waals surface area (Å²) >= 11 is 0. The monoisotopic (exact) mass is 212 g/mol. The molecule has 90 valence electrons. The summed E-state index contributed by atoms with van der Waals surface area (Å²) in [6.07, 6.45) is 8.02. The van der Waals surface area contributed by atoms with Crippen molar-refractivity contribution < 1.29 is 0 Å². The lowest BCUT2D eigenvalue weighted by atomic mass is 9.93. The predicted molar refractivity (Wildman–Crippen MR) is 67.0 cm³/mol. The standard InChI is InChI=1S/C13H28N2/c1-12-7-10-15(13(2)11-12)9-6-4-3-5-8-14/h12-13H,3-11,14H2,1-2H3. The summed E-state index contributed by atoms with van der Waals surface area (Å²) in [4.78, 5) is 2.67. The summed E-state index contributed by atoms with van der Waals surface area (Å²) in [5, 5.41) is 0. The van der Waals surface area contributed by atoms with Gasteiger partial charge in [-0.3, -0.25) is 0 Å². The Bertz CT molecular complexity index is 159. The maximum absolute atomic E-state index is 5.48. The molecule has 0 radical (unpaired) electrons. The molecule has 1 rings (SSSR count). The maximum Gasteiger partial charge on any atom is 0.00694 e. The molecule has 2 nitrogen and oxygen atoms in total. The van der Waals surface area contributed by atoms with E-state index in [0.29, 0.717) is 0 Å². The maximum atomic E-state index is 5.48. The third-order valence-corrected chi connectivity index (χ3v) is 3.68. The van der Waals surface area contributed by atoms with Gasteiger partial charge < -0.3 is 10.6 Å². The van der Waals surface area contributed by atoms with Crippen LogP contribution in [0.5, 0.6) is 0 Å². The third-order valence-electron chi connectivity index (χ3n) is 3.68. The summed E-state index contributed by atoms with van der Waals surface area (Å²) in [6, 6.07) is 0.809. The van der Waals surface area contributed by atoms with Gasteiger partial charge in [-0.25, -0.2) is 0 Å². The first-order chi connectivity index (χ1) is 7.24. The Morgan fingerprint density at radius 2 is 1.87 bits per heavy atom. The molecule has 1 saturated heterocycles. The highest BCUT2D eigenvalue weighted by Crippen LogP contribution is 2.22. The Morgan fingerprint density at radius 3 is 2.53 bits per heavy atom. The van der Waals surface area contributed by atoms with Crippen LogP contribution < -0.4 is 5.73 Å². The Labute approximate surface area is 95.2 Å². The number of nitrogens with zero attached hydrogens (tertiary/aromatic N) is 1. The van der Waals surface area contributed by atoms with Crippen LogP contribution in [-0.4, -0.2) is 30.6 Å². The van der Waals surface area contributed by atoms with E-state index in [4.69, 9.17) is 5.73 Å². The van der Waals surface area contributed by atoms with Crippen molar-refractivity contribution in [2.24, 2.45) is 11.7 Å². The molecule has 2 heteroatoms. The lowest BCUT2D eigenvalue weighted by Gasteiger charge is -2.36. The Hall–Kier alpha value is -0.0800. The van der Waals surface area contributed by atoms with Crippen molar-refractivity contribution >= 4 is 0 Å². The van der Waals surface area contributed by atoms with Gasteiger partial charge in [0, 0.05) is 6.04 Å². The van der Waals surface area contributed by atoms with Gasteiger partial charge >= 0.3 is 0 Å². The Balaban J connectivity index is 2.05. The zero-order valence-electron chi connectivity index (χ0n) is 10.5. The Morgan fingerprint density at radius 1 is 1.13 bits per heavy atom. The van der Waals surface area contributed by atoms with Crippen molar-refractivity contribution in [3.05, 3.63) is 0 Å². The number of piperidine rings is 1. The van der Waals surface area contributed by atoms with E-state index >= 15 is 0 Å². The van der Waals surface area contributed by atoms with Gasteiger partial charge in [0.25, 0.3) is 0 Å². The number of likely N-dealkylation sites (tertiary alicyclic amines) is 1. The third kappa shape index (κ3) is 4.98. The second kappa shape index (κ2) is 7.24. The fourth-order valence-electron chi connectivity index (χ4n) is 2.60. The van der Waals surface area contributed by atoms with E-state index in [1.165, 1.54) is 51.6 Å². The summed E-state index contributed by atoms with van der Waals surface area (Å²) in [5.74, 6) is 0.938. The fraction of sp³-hybridized carbons (Fsp3) is 1.00. The van der Waals surface area contributed by atoms with Gasteiger partial charge in [-0.1, -0.05) is 19.8 Å². The highest BCUT2D eigenvalue weighted by atomic mass is 15.2.